The van der Waals surface area contributed by atoms with Crippen molar-refractivity contribution >= 4 is 5.82 Å². The number of nitrogens with zero attached hydrogens (tertiary/aromatic N) is 2. The zero-order valence-electron chi connectivity index (χ0n) is 10.6. The Labute approximate surface area is 102 Å². The third-order valence-corrected chi connectivity index (χ3v) is 2.53. The van der Waals surface area contributed by atoms with Crippen LogP contribution in [0.2, 0.25) is 0 Å². The maximum atomic E-state index is 9.64. The molecule has 17 heavy (non-hydrogen) atoms. The van der Waals surface area contributed by atoms with E-state index in [0.29, 0.717) is 13.2 Å². The molecule has 1 rings (SSSR count). The minimum absolute atomic E-state index is 0.0194. The Morgan fingerprint density at radius 3 is 2.88 bits per heavy atom. The van der Waals surface area contributed by atoms with Gasteiger partial charge in [-0.1, -0.05) is 0 Å². The van der Waals surface area contributed by atoms with Gasteiger partial charge in [-0.15, -0.1) is 0 Å². The molecule has 0 aliphatic heterocycles. The predicted molar refractivity (Wildman–Crippen MR) is 68.0 cm³/mol. The second-order valence-electron chi connectivity index (χ2n) is 4.23. The fraction of sp³-hybridized carbons (Fsp3) is 0.583. The van der Waals surface area contributed by atoms with Crippen LogP contribution in [0.1, 0.15) is 18.5 Å². The second kappa shape index (κ2) is 6.54. The first kappa shape index (κ1) is 13.9. The van der Waals surface area contributed by atoms with Gasteiger partial charge in [0.25, 0.3) is 0 Å². The number of likely N-dealkylation sites (N-methyl/N-ethyl adjacent to an activating group) is 1. The first-order chi connectivity index (χ1) is 8.04. The molecule has 2 atom stereocenters. The van der Waals surface area contributed by atoms with Gasteiger partial charge in [0.05, 0.1) is 12.7 Å². The lowest BCUT2D eigenvalue weighted by atomic mass is 10.1. The molecule has 0 saturated heterocycles. The molecule has 0 aliphatic rings. The van der Waals surface area contributed by atoms with Gasteiger partial charge in [-0.05, 0) is 24.6 Å². The fourth-order valence-corrected chi connectivity index (χ4v) is 1.58. The van der Waals surface area contributed by atoms with E-state index in [0.717, 1.165) is 11.4 Å². The zero-order valence-corrected chi connectivity index (χ0v) is 10.6. The van der Waals surface area contributed by atoms with Crippen molar-refractivity contribution in [1.82, 2.24) is 4.98 Å². The minimum atomic E-state index is -0.522. The average Bonchev–Trinajstić information content (AvgIpc) is 2.29. The molecule has 0 bridgehead atoms. The lowest BCUT2D eigenvalue weighted by Gasteiger charge is -2.22. The summed E-state index contributed by atoms with van der Waals surface area (Å²) in [5, 5.41) is 9.64. The number of nitrogens with two attached hydrogens (primary N) is 1. The standard InChI is InChI=1S/C12H21N3O2/c1-9(13)10-4-5-14-12(6-10)15(2)7-11(16)8-17-3/h4-6,9,11,16H,7-8,13H2,1-3H3/t9-,11?/m1/s1. The van der Waals surface area contributed by atoms with Crippen LogP contribution in [0.3, 0.4) is 0 Å². The first-order valence-corrected chi connectivity index (χ1v) is 5.64. The maximum absolute atomic E-state index is 9.64. The summed E-state index contributed by atoms with van der Waals surface area (Å²) < 4.78 is 4.89. The van der Waals surface area contributed by atoms with Gasteiger partial charge in [0.15, 0.2) is 0 Å². The molecule has 0 saturated carbocycles. The van der Waals surface area contributed by atoms with E-state index in [1.165, 1.54) is 0 Å². The topological polar surface area (TPSA) is 71.6 Å². The fourth-order valence-electron chi connectivity index (χ4n) is 1.58. The van der Waals surface area contributed by atoms with Crippen LogP contribution in [-0.4, -0.2) is 43.5 Å². The van der Waals surface area contributed by atoms with Gasteiger partial charge in [-0.3, -0.25) is 0 Å². The smallest absolute Gasteiger partial charge is 0.128 e. The van der Waals surface area contributed by atoms with E-state index in [1.54, 1.807) is 13.3 Å². The predicted octanol–water partition coefficient (Wildman–Crippen LogP) is 0.545. The number of aliphatic hydroxyl groups excluding tert-OH is 1. The summed E-state index contributed by atoms with van der Waals surface area (Å²) in [5.41, 5.74) is 6.85. The lowest BCUT2D eigenvalue weighted by Crippen LogP contribution is -2.32. The lowest BCUT2D eigenvalue weighted by molar-refractivity contribution is 0.0694. The molecule has 3 N–H and O–H groups in total. The molecule has 0 amide bonds. The van der Waals surface area contributed by atoms with E-state index in [2.05, 4.69) is 4.98 Å². The third kappa shape index (κ3) is 4.30. The van der Waals surface area contributed by atoms with Crippen molar-refractivity contribution in [3.8, 4) is 0 Å². The van der Waals surface area contributed by atoms with Crippen LogP contribution >= 0.6 is 0 Å². The molecular formula is C12H21N3O2. The number of aliphatic hydroxyl groups is 1. The quantitative estimate of drug-likeness (QED) is 0.758. The monoisotopic (exact) mass is 239 g/mol. The Balaban J connectivity index is 2.68. The highest BCUT2D eigenvalue weighted by atomic mass is 16.5. The molecule has 5 heteroatoms. The highest BCUT2D eigenvalue weighted by Gasteiger charge is 2.10. The van der Waals surface area contributed by atoms with E-state index in [4.69, 9.17) is 10.5 Å². The molecule has 1 unspecified atom stereocenters. The molecule has 1 heterocycles. The molecule has 96 valence electrons. The Morgan fingerprint density at radius 1 is 1.59 bits per heavy atom. The maximum Gasteiger partial charge on any atom is 0.128 e. The van der Waals surface area contributed by atoms with Crippen LogP contribution in [-0.2, 0) is 4.74 Å². The summed E-state index contributed by atoms with van der Waals surface area (Å²) in [4.78, 5) is 6.14. The van der Waals surface area contributed by atoms with Crippen molar-refractivity contribution in [2.45, 2.75) is 19.1 Å². The summed E-state index contributed by atoms with van der Waals surface area (Å²) >= 11 is 0. The Morgan fingerprint density at radius 2 is 2.29 bits per heavy atom. The van der Waals surface area contributed by atoms with Crippen molar-refractivity contribution in [3.05, 3.63) is 23.9 Å². The second-order valence-corrected chi connectivity index (χ2v) is 4.23. The Hall–Kier alpha value is -1.17. The van der Waals surface area contributed by atoms with Crippen molar-refractivity contribution < 1.29 is 9.84 Å². The number of aromatic nitrogens is 1. The molecule has 0 fully saturated rings. The summed E-state index contributed by atoms with van der Waals surface area (Å²) in [5.74, 6) is 0.801. The SMILES string of the molecule is COCC(O)CN(C)c1cc([C@@H](C)N)ccn1. The molecule has 1 aromatic heterocycles. The summed E-state index contributed by atoms with van der Waals surface area (Å²) in [6, 6.07) is 3.81. The molecule has 0 aromatic carbocycles. The number of pyridine rings is 1. The first-order valence-electron chi connectivity index (χ1n) is 5.64. The number of hydrogen-bond acceptors (Lipinski definition) is 5. The van der Waals surface area contributed by atoms with Gasteiger partial charge in [0.2, 0.25) is 0 Å². The van der Waals surface area contributed by atoms with Crippen LogP contribution in [0, 0.1) is 0 Å². The van der Waals surface area contributed by atoms with E-state index >= 15 is 0 Å². The van der Waals surface area contributed by atoms with Gasteiger partial charge in [-0.2, -0.15) is 0 Å². The highest BCUT2D eigenvalue weighted by molar-refractivity contribution is 5.41. The Bertz CT molecular complexity index is 344. The average molecular weight is 239 g/mol. The Kier molecular flexibility index (Phi) is 5.34. The van der Waals surface area contributed by atoms with Gasteiger partial charge in [-0.25, -0.2) is 4.98 Å². The van der Waals surface area contributed by atoms with Crippen molar-refractivity contribution in [3.63, 3.8) is 0 Å². The number of anilines is 1. The third-order valence-electron chi connectivity index (χ3n) is 2.53. The summed E-state index contributed by atoms with van der Waals surface area (Å²) in [6.45, 7) is 2.72. The van der Waals surface area contributed by atoms with Gasteiger partial charge < -0.3 is 20.5 Å². The van der Waals surface area contributed by atoms with E-state index in [1.807, 2.05) is 31.0 Å². The minimum Gasteiger partial charge on any atom is -0.389 e. The van der Waals surface area contributed by atoms with Gasteiger partial charge in [0.1, 0.15) is 5.82 Å². The number of methoxy groups -OCH3 is 1. The van der Waals surface area contributed by atoms with Crippen LogP contribution in [0.4, 0.5) is 5.82 Å². The van der Waals surface area contributed by atoms with Crippen molar-refractivity contribution in [2.75, 3.05) is 32.2 Å². The normalized spacial score (nSPS) is 14.4. The van der Waals surface area contributed by atoms with Crippen molar-refractivity contribution in [1.29, 1.82) is 0 Å². The van der Waals surface area contributed by atoms with E-state index in [-0.39, 0.29) is 6.04 Å². The van der Waals surface area contributed by atoms with Crippen LogP contribution in [0.15, 0.2) is 18.3 Å². The molecule has 1 aromatic rings. The summed E-state index contributed by atoms with van der Waals surface area (Å²) in [7, 11) is 3.45. The number of ether oxygens (including phenoxy) is 1. The van der Waals surface area contributed by atoms with E-state index < -0.39 is 6.10 Å². The van der Waals surface area contributed by atoms with Crippen LogP contribution in [0.25, 0.3) is 0 Å². The van der Waals surface area contributed by atoms with E-state index in [9.17, 15) is 5.11 Å². The number of hydrogen-bond donors (Lipinski definition) is 2. The zero-order chi connectivity index (χ0) is 12.8. The number of rotatable bonds is 6. The van der Waals surface area contributed by atoms with Crippen LogP contribution in [0.5, 0.6) is 0 Å². The molecule has 0 radical (unpaired) electrons. The highest BCUT2D eigenvalue weighted by Crippen LogP contribution is 2.15. The molecule has 0 aliphatic carbocycles. The van der Waals surface area contributed by atoms with Gasteiger partial charge >= 0.3 is 0 Å². The summed E-state index contributed by atoms with van der Waals surface area (Å²) in [6.07, 6.45) is 1.21. The molecule has 0 spiro atoms. The van der Waals surface area contributed by atoms with Crippen LogP contribution < -0.4 is 10.6 Å². The van der Waals surface area contributed by atoms with Gasteiger partial charge in [0, 0.05) is 32.9 Å². The molecular weight excluding hydrogens is 218 g/mol. The molecule has 5 nitrogen and oxygen atoms in total. The van der Waals surface area contributed by atoms with Crippen molar-refractivity contribution in [2.24, 2.45) is 5.73 Å². The largest absolute Gasteiger partial charge is 0.389 e.